The van der Waals surface area contributed by atoms with E-state index >= 15 is 0 Å². The standard InChI is InChI=1S/C24H31N7O/c1-15(2)31-22-18(14-25-31)17(13-19(26-22)16-9-10-16)24(32)29-12-6-7-20(29)23-28-27-21-8-4-3-5-11-30(21)23/h13-16,20H,3-12H2,1-2H3. The molecule has 3 aliphatic rings. The van der Waals surface area contributed by atoms with Crippen LogP contribution in [-0.4, -0.2) is 46.9 Å². The third kappa shape index (κ3) is 3.22. The molecule has 0 radical (unpaired) electrons. The number of nitrogens with zero attached hydrogens (tertiary/aromatic N) is 7. The molecule has 2 aliphatic heterocycles. The number of pyridine rings is 1. The molecule has 6 rings (SSSR count). The average molecular weight is 434 g/mol. The van der Waals surface area contributed by atoms with Crippen LogP contribution in [0.1, 0.15) is 104 Å². The molecule has 8 nitrogen and oxygen atoms in total. The molecule has 1 aliphatic carbocycles. The topological polar surface area (TPSA) is 81.7 Å². The molecule has 5 heterocycles. The molecule has 1 amide bonds. The van der Waals surface area contributed by atoms with E-state index in [1.807, 2.05) is 21.8 Å². The van der Waals surface area contributed by atoms with Crippen LogP contribution in [0.4, 0.5) is 0 Å². The molecule has 3 aromatic rings. The molecular weight excluding hydrogens is 402 g/mol. The number of carbonyl (C=O) groups excluding carboxylic acids is 1. The zero-order chi connectivity index (χ0) is 21.8. The van der Waals surface area contributed by atoms with Crippen LogP contribution in [0.5, 0.6) is 0 Å². The molecule has 1 saturated carbocycles. The van der Waals surface area contributed by atoms with Gasteiger partial charge in [-0.25, -0.2) is 9.67 Å². The fourth-order valence-corrected chi connectivity index (χ4v) is 5.37. The first-order chi connectivity index (χ1) is 15.6. The number of hydrogen-bond acceptors (Lipinski definition) is 5. The predicted octanol–water partition coefficient (Wildman–Crippen LogP) is 4.18. The highest BCUT2D eigenvalue weighted by molar-refractivity contribution is 6.05. The Labute approximate surface area is 188 Å². The van der Waals surface area contributed by atoms with Gasteiger partial charge < -0.3 is 9.47 Å². The van der Waals surface area contributed by atoms with Crippen molar-refractivity contribution in [3.8, 4) is 0 Å². The Bertz CT molecular complexity index is 1170. The van der Waals surface area contributed by atoms with E-state index in [9.17, 15) is 4.79 Å². The SMILES string of the molecule is CC(C)n1ncc2c(C(=O)N3CCCC3c3nnc4n3CCCCC4)cc(C3CC3)nc21. The number of rotatable bonds is 4. The number of fused-ring (bicyclic) bond motifs is 2. The summed E-state index contributed by atoms with van der Waals surface area (Å²) in [5.74, 6) is 2.61. The molecule has 32 heavy (non-hydrogen) atoms. The van der Waals surface area contributed by atoms with E-state index in [-0.39, 0.29) is 18.0 Å². The quantitative estimate of drug-likeness (QED) is 0.616. The first kappa shape index (κ1) is 19.9. The Kier molecular flexibility index (Phi) is 4.77. The van der Waals surface area contributed by atoms with Crippen molar-refractivity contribution in [1.29, 1.82) is 0 Å². The lowest BCUT2D eigenvalue weighted by molar-refractivity contribution is 0.0729. The maximum atomic E-state index is 14.0. The Morgan fingerprint density at radius 3 is 2.75 bits per heavy atom. The largest absolute Gasteiger partial charge is 0.328 e. The van der Waals surface area contributed by atoms with Gasteiger partial charge in [-0.1, -0.05) is 6.42 Å². The zero-order valence-electron chi connectivity index (χ0n) is 19.0. The Hall–Kier alpha value is -2.77. The van der Waals surface area contributed by atoms with Gasteiger partial charge in [0, 0.05) is 37.2 Å². The van der Waals surface area contributed by atoms with Gasteiger partial charge in [0.2, 0.25) is 0 Å². The lowest BCUT2D eigenvalue weighted by atomic mass is 10.1. The molecule has 2 fully saturated rings. The lowest BCUT2D eigenvalue weighted by Gasteiger charge is -2.25. The Balaban J connectivity index is 1.40. The molecule has 168 valence electrons. The van der Waals surface area contributed by atoms with E-state index in [2.05, 4.69) is 33.7 Å². The molecule has 1 atom stereocenters. The maximum absolute atomic E-state index is 14.0. The van der Waals surface area contributed by atoms with Gasteiger partial charge >= 0.3 is 0 Å². The molecule has 0 aromatic carbocycles. The summed E-state index contributed by atoms with van der Waals surface area (Å²) in [4.78, 5) is 20.9. The highest BCUT2D eigenvalue weighted by atomic mass is 16.2. The molecule has 0 spiro atoms. The van der Waals surface area contributed by atoms with Gasteiger partial charge in [-0.05, 0) is 58.4 Å². The summed E-state index contributed by atoms with van der Waals surface area (Å²) in [6, 6.07) is 2.23. The summed E-state index contributed by atoms with van der Waals surface area (Å²) in [5.41, 5.74) is 2.61. The number of carbonyl (C=O) groups is 1. The molecule has 0 N–H and O–H groups in total. The number of aryl methyl sites for hydroxylation is 1. The van der Waals surface area contributed by atoms with Crippen molar-refractivity contribution in [1.82, 2.24) is 34.4 Å². The second-order valence-electron chi connectivity index (χ2n) is 9.88. The number of likely N-dealkylation sites (tertiary alicyclic amines) is 1. The van der Waals surface area contributed by atoms with Crippen molar-refractivity contribution < 1.29 is 4.79 Å². The molecule has 3 aromatic heterocycles. The molecular formula is C24H31N7O. The lowest BCUT2D eigenvalue weighted by Crippen LogP contribution is -2.32. The van der Waals surface area contributed by atoms with E-state index in [4.69, 9.17) is 4.98 Å². The first-order valence-electron chi connectivity index (χ1n) is 12.2. The van der Waals surface area contributed by atoms with Crippen LogP contribution >= 0.6 is 0 Å². The first-order valence-corrected chi connectivity index (χ1v) is 12.2. The van der Waals surface area contributed by atoms with Gasteiger partial charge in [0.1, 0.15) is 5.82 Å². The van der Waals surface area contributed by atoms with Gasteiger partial charge in [-0.2, -0.15) is 5.10 Å². The van der Waals surface area contributed by atoms with Crippen molar-refractivity contribution in [3.63, 3.8) is 0 Å². The van der Waals surface area contributed by atoms with Gasteiger partial charge in [0.05, 0.1) is 23.2 Å². The van der Waals surface area contributed by atoms with Crippen LogP contribution in [0.3, 0.4) is 0 Å². The minimum absolute atomic E-state index is 0.00501. The summed E-state index contributed by atoms with van der Waals surface area (Å²) >= 11 is 0. The zero-order valence-corrected chi connectivity index (χ0v) is 19.0. The van der Waals surface area contributed by atoms with Crippen molar-refractivity contribution in [2.24, 2.45) is 0 Å². The average Bonchev–Trinajstić information content (AvgIpc) is 3.27. The minimum atomic E-state index is -0.00501. The summed E-state index contributed by atoms with van der Waals surface area (Å²) < 4.78 is 4.23. The number of aromatic nitrogens is 6. The summed E-state index contributed by atoms with van der Waals surface area (Å²) in [6.07, 6.45) is 10.6. The third-order valence-electron chi connectivity index (χ3n) is 7.25. The van der Waals surface area contributed by atoms with Crippen LogP contribution in [0, 0.1) is 0 Å². The van der Waals surface area contributed by atoms with E-state index in [0.29, 0.717) is 5.92 Å². The van der Waals surface area contributed by atoms with Crippen LogP contribution in [0.15, 0.2) is 12.3 Å². The van der Waals surface area contributed by atoms with Crippen molar-refractivity contribution in [3.05, 3.63) is 35.2 Å². The highest BCUT2D eigenvalue weighted by Gasteiger charge is 2.37. The molecule has 1 saturated heterocycles. The molecule has 0 bridgehead atoms. The van der Waals surface area contributed by atoms with Crippen LogP contribution < -0.4 is 0 Å². The van der Waals surface area contributed by atoms with Gasteiger partial charge in [-0.15, -0.1) is 10.2 Å². The normalized spacial score (nSPS) is 21.3. The van der Waals surface area contributed by atoms with Crippen LogP contribution in [0.25, 0.3) is 11.0 Å². The van der Waals surface area contributed by atoms with Crippen LogP contribution in [0.2, 0.25) is 0 Å². The van der Waals surface area contributed by atoms with Gasteiger partial charge in [0.25, 0.3) is 5.91 Å². The van der Waals surface area contributed by atoms with Crippen molar-refractivity contribution in [2.75, 3.05) is 6.54 Å². The highest BCUT2D eigenvalue weighted by Crippen LogP contribution is 2.41. The van der Waals surface area contributed by atoms with Crippen molar-refractivity contribution in [2.45, 2.75) is 89.8 Å². The van der Waals surface area contributed by atoms with Gasteiger partial charge in [-0.3, -0.25) is 4.79 Å². The minimum Gasteiger partial charge on any atom is -0.328 e. The second kappa shape index (κ2) is 7.67. The Morgan fingerprint density at radius 2 is 1.94 bits per heavy atom. The number of hydrogen-bond donors (Lipinski definition) is 0. The molecule has 1 unspecified atom stereocenters. The summed E-state index contributed by atoms with van der Waals surface area (Å²) in [5, 5.41) is 14.5. The van der Waals surface area contributed by atoms with E-state index in [1.165, 1.54) is 12.8 Å². The van der Waals surface area contributed by atoms with Crippen molar-refractivity contribution >= 4 is 16.9 Å². The fraction of sp³-hybridized carbons (Fsp3) is 0.625. The van der Waals surface area contributed by atoms with E-state index in [1.54, 1.807) is 0 Å². The maximum Gasteiger partial charge on any atom is 0.255 e. The Morgan fingerprint density at radius 1 is 1.06 bits per heavy atom. The third-order valence-corrected chi connectivity index (χ3v) is 7.25. The summed E-state index contributed by atoms with van der Waals surface area (Å²) in [6.45, 7) is 5.93. The monoisotopic (exact) mass is 433 g/mol. The van der Waals surface area contributed by atoms with Crippen LogP contribution in [-0.2, 0) is 13.0 Å². The van der Waals surface area contributed by atoms with Gasteiger partial charge in [0.15, 0.2) is 11.5 Å². The van der Waals surface area contributed by atoms with E-state index in [0.717, 1.165) is 85.6 Å². The molecule has 8 heteroatoms. The number of amides is 1. The summed E-state index contributed by atoms with van der Waals surface area (Å²) in [7, 11) is 0. The fourth-order valence-electron chi connectivity index (χ4n) is 5.37. The predicted molar refractivity (Wildman–Crippen MR) is 120 cm³/mol. The second-order valence-corrected chi connectivity index (χ2v) is 9.88. The van der Waals surface area contributed by atoms with E-state index < -0.39 is 0 Å². The smallest absolute Gasteiger partial charge is 0.255 e.